The second kappa shape index (κ2) is 10.5. The van der Waals surface area contributed by atoms with E-state index in [1.807, 2.05) is 0 Å². The lowest BCUT2D eigenvalue weighted by atomic mass is 10.2. The minimum Gasteiger partial charge on any atom is -0.507 e. The van der Waals surface area contributed by atoms with E-state index >= 15 is 0 Å². The normalized spacial score (nSPS) is 11.3. The van der Waals surface area contributed by atoms with Gasteiger partial charge in [0.05, 0.1) is 22.9 Å². The van der Waals surface area contributed by atoms with Crippen molar-refractivity contribution in [3.05, 3.63) is 67.8 Å². The van der Waals surface area contributed by atoms with Gasteiger partial charge < -0.3 is 15.5 Å². The SMILES string of the molecule is O=[N+]([O-])c1ccc(O)c(C=NCCNCCN=Cc2cc([N+](=O)[O-])ccc2O)c1. The van der Waals surface area contributed by atoms with Crippen LogP contribution in [-0.2, 0) is 0 Å². The number of benzene rings is 2. The van der Waals surface area contributed by atoms with Gasteiger partial charge in [0.25, 0.3) is 11.4 Å². The van der Waals surface area contributed by atoms with Crippen molar-refractivity contribution in [3.63, 3.8) is 0 Å². The molecule has 11 nitrogen and oxygen atoms in total. The Bertz CT molecular complexity index is 869. The van der Waals surface area contributed by atoms with Gasteiger partial charge in [0.2, 0.25) is 0 Å². The summed E-state index contributed by atoms with van der Waals surface area (Å²) in [5, 5.41) is 43.9. The number of rotatable bonds is 10. The summed E-state index contributed by atoms with van der Waals surface area (Å²) in [5.41, 5.74) is 0.270. The molecule has 0 spiro atoms. The van der Waals surface area contributed by atoms with E-state index in [0.29, 0.717) is 26.2 Å². The van der Waals surface area contributed by atoms with E-state index in [2.05, 4.69) is 15.3 Å². The highest BCUT2D eigenvalue weighted by molar-refractivity contribution is 5.85. The van der Waals surface area contributed by atoms with Gasteiger partial charge in [-0.1, -0.05) is 0 Å². The number of aromatic hydroxyl groups is 2. The predicted molar refractivity (Wildman–Crippen MR) is 107 cm³/mol. The molecule has 0 aliphatic carbocycles. The quantitative estimate of drug-likeness (QED) is 0.237. The Morgan fingerprint density at radius 2 is 1.24 bits per heavy atom. The number of phenolic OH excluding ortho intramolecular Hbond substituents is 2. The molecule has 0 saturated carbocycles. The zero-order valence-corrected chi connectivity index (χ0v) is 15.3. The van der Waals surface area contributed by atoms with E-state index in [4.69, 9.17) is 0 Å². The molecule has 2 aromatic carbocycles. The highest BCUT2D eigenvalue weighted by Gasteiger charge is 2.09. The van der Waals surface area contributed by atoms with Gasteiger partial charge in [0, 0.05) is 60.9 Å². The zero-order valence-electron chi connectivity index (χ0n) is 15.3. The topological polar surface area (TPSA) is 163 Å². The third-order valence-electron chi connectivity index (χ3n) is 3.74. The lowest BCUT2D eigenvalue weighted by Crippen LogP contribution is -2.20. The number of hydrogen-bond acceptors (Lipinski definition) is 9. The van der Waals surface area contributed by atoms with Crippen LogP contribution in [0.2, 0.25) is 0 Å². The maximum absolute atomic E-state index is 10.7. The van der Waals surface area contributed by atoms with E-state index in [-0.39, 0.29) is 34.0 Å². The molecule has 0 aliphatic rings. The number of nitro groups is 2. The summed E-state index contributed by atoms with van der Waals surface area (Å²) in [6.07, 6.45) is 2.74. The summed E-state index contributed by atoms with van der Waals surface area (Å²) in [7, 11) is 0. The summed E-state index contributed by atoms with van der Waals surface area (Å²) in [4.78, 5) is 28.6. The maximum atomic E-state index is 10.7. The first-order valence-corrected chi connectivity index (χ1v) is 8.53. The molecule has 0 radical (unpaired) electrons. The maximum Gasteiger partial charge on any atom is 0.270 e. The van der Waals surface area contributed by atoms with Crippen LogP contribution in [0, 0.1) is 20.2 Å². The molecule has 11 heteroatoms. The van der Waals surface area contributed by atoms with Gasteiger partial charge in [0.15, 0.2) is 0 Å². The van der Waals surface area contributed by atoms with Crippen LogP contribution in [0.15, 0.2) is 46.4 Å². The van der Waals surface area contributed by atoms with Crippen molar-refractivity contribution in [1.29, 1.82) is 0 Å². The highest BCUT2D eigenvalue weighted by atomic mass is 16.6. The van der Waals surface area contributed by atoms with Gasteiger partial charge in [-0.05, 0) is 12.1 Å². The number of nitrogens with zero attached hydrogens (tertiary/aromatic N) is 4. The van der Waals surface area contributed by atoms with E-state index in [9.17, 15) is 30.4 Å². The van der Waals surface area contributed by atoms with Gasteiger partial charge in [0.1, 0.15) is 11.5 Å². The van der Waals surface area contributed by atoms with Crippen molar-refractivity contribution in [1.82, 2.24) is 5.32 Å². The third-order valence-corrected chi connectivity index (χ3v) is 3.74. The fraction of sp³-hybridized carbons (Fsp3) is 0.222. The number of non-ortho nitro benzene ring substituents is 2. The molecule has 3 N–H and O–H groups in total. The molecular formula is C18H19N5O6. The first-order chi connectivity index (χ1) is 13.9. The minimum atomic E-state index is -0.549. The van der Waals surface area contributed by atoms with Crippen molar-refractivity contribution < 1.29 is 20.1 Å². The Morgan fingerprint density at radius 1 is 0.828 bits per heavy atom. The van der Waals surface area contributed by atoms with Crippen LogP contribution in [0.5, 0.6) is 11.5 Å². The van der Waals surface area contributed by atoms with Crippen molar-refractivity contribution >= 4 is 23.8 Å². The van der Waals surface area contributed by atoms with Crippen molar-refractivity contribution in [2.24, 2.45) is 9.98 Å². The first kappa shape index (κ1) is 21.4. The summed E-state index contributed by atoms with van der Waals surface area (Å²) in [6.45, 7) is 1.81. The molecule has 152 valence electrons. The summed E-state index contributed by atoms with van der Waals surface area (Å²) < 4.78 is 0. The lowest BCUT2D eigenvalue weighted by Gasteiger charge is -2.01. The van der Waals surface area contributed by atoms with Crippen molar-refractivity contribution in [2.45, 2.75) is 0 Å². The van der Waals surface area contributed by atoms with Crippen LogP contribution >= 0.6 is 0 Å². The second-order valence-corrected chi connectivity index (χ2v) is 5.82. The van der Waals surface area contributed by atoms with Crippen molar-refractivity contribution in [2.75, 3.05) is 26.2 Å². The van der Waals surface area contributed by atoms with Crippen LogP contribution in [0.1, 0.15) is 11.1 Å². The fourth-order valence-corrected chi connectivity index (χ4v) is 2.26. The number of phenols is 2. The lowest BCUT2D eigenvalue weighted by molar-refractivity contribution is -0.385. The van der Waals surface area contributed by atoms with Crippen LogP contribution in [0.25, 0.3) is 0 Å². The number of aliphatic imine (C=N–C) groups is 2. The Balaban J connectivity index is 1.73. The Hall–Kier alpha value is -3.86. The van der Waals surface area contributed by atoms with E-state index in [1.165, 1.54) is 48.8 Å². The Kier molecular flexibility index (Phi) is 7.74. The van der Waals surface area contributed by atoms with Gasteiger partial charge >= 0.3 is 0 Å². The zero-order chi connectivity index (χ0) is 21.2. The summed E-state index contributed by atoms with van der Waals surface area (Å²) in [6, 6.07) is 7.39. The third kappa shape index (κ3) is 6.66. The van der Waals surface area contributed by atoms with Gasteiger partial charge in [-0.3, -0.25) is 30.2 Å². The van der Waals surface area contributed by atoms with Crippen LogP contribution in [0.4, 0.5) is 11.4 Å². The molecular weight excluding hydrogens is 382 g/mol. The average molecular weight is 401 g/mol. The highest BCUT2D eigenvalue weighted by Crippen LogP contribution is 2.22. The molecule has 0 bridgehead atoms. The molecule has 2 aromatic rings. The number of nitro benzene ring substituents is 2. The number of nitrogens with one attached hydrogen (secondary N) is 1. The standard InChI is InChI=1S/C18H19N5O6/c24-17-3-1-15(22(26)27)9-13(17)11-20-7-5-19-6-8-21-12-14-10-16(23(28)29)2-4-18(14)25/h1-4,9-12,19,24-25H,5-8H2. The largest absolute Gasteiger partial charge is 0.507 e. The monoisotopic (exact) mass is 401 g/mol. The number of hydrogen-bond donors (Lipinski definition) is 3. The molecule has 0 aromatic heterocycles. The Morgan fingerprint density at radius 3 is 1.62 bits per heavy atom. The van der Waals surface area contributed by atoms with E-state index < -0.39 is 9.85 Å². The predicted octanol–water partition coefficient (Wildman–Crippen LogP) is 2.04. The van der Waals surface area contributed by atoms with Gasteiger partial charge in [-0.2, -0.15) is 0 Å². The molecule has 0 heterocycles. The van der Waals surface area contributed by atoms with E-state index in [0.717, 1.165) is 0 Å². The molecule has 0 fully saturated rings. The van der Waals surface area contributed by atoms with Crippen LogP contribution in [0.3, 0.4) is 0 Å². The summed E-state index contributed by atoms with van der Waals surface area (Å²) in [5.74, 6) is -0.183. The minimum absolute atomic E-state index is 0.0916. The fourth-order valence-electron chi connectivity index (χ4n) is 2.26. The van der Waals surface area contributed by atoms with Crippen LogP contribution in [-0.4, -0.2) is 58.7 Å². The first-order valence-electron chi connectivity index (χ1n) is 8.53. The molecule has 2 rings (SSSR count). The molecule has 0 saturated heterocycles. The molecule has 29 heavy (non-hydrogen) atoms. The smallest absolute Gasteiger partial charge is 0.270 e. The average Bonchev–Trinajstić information content (AvgIpc) is 2.68. The second-order valence-electron chi connectivity index (χ2n) is 5.82. The molecule has 0 amide bonds. The Labute approximate surface area is 165 Å². The summed E-state index contributed by atoms with van der Waals surface area (Å²) >= 11 is 0. The van der Waals surface area contributed by atoms with E-state index in [1.54, 1.807) is 0 Å². The molecule has 0 unspecified atom stereocenters. The van der Waals surface area contributed by atoms with Gasteiger partial charge in [-0.25, -0.2) is 0 Å². The van der Waals surface area contributed by atoms with Crippen molar-refractivity contribution in [3.8, 4) is 11.5 Å². The van der Waals surface area contributed by atoms with Gasteiger partial charge in [-0.15, -0.1) is 0 Å². The molecule has 0 atom stereocenters. The van der Waals surface area contributed by atoms with Crippen LogP contribution < -0.4 is 5.32 Å². The molecule has 0 aliphatic heterocycles.